The second kappa shape index (κ2) is 11.6. The minimum Gasteiger partial charge on any atom is -0.465 e. The van der Waals surface area contributed by atoms with Crippen LogP contribution in [0.4, 0.5) is 0 Å². The molecule has 32 heavy (non-hydrogen) atoms. The van der Waals surface area contributed by atoms with E-state index in [1.165, 1.54) is 6.92 Å². The Morgan fingerprint density at radius 2 is 1.25 bits per heavy atom. The van der Waals surface area contributed by atoms with E-state index in [1.54, 1.807) is 0 Å². The Kier molecular flexibility index (Phi) is 8.60. The monoisotopic (exact) mass is 432 g/mol. The molecule has 3 rings (SSSR count). The molecule has 0 spiro atoms. The van der Waals surface area contributed by atoms with Gasteiger partial charge in [0.15, 0.2) is 0 Å². The second-order valence-electron chi connectivity index (χ2n) is 8.28. The number of hydrogen-bond acceptors (Lipinski definition) is 4. The Bertz CT molecular complexity index is 844. The highest BCUT2D eigenvalue weighted by atomic mass is 16.5. The normalized spacial score (nSPS) is 13.3. The van der Waals surface area contributed by atoms with Crippen LogP contribution in [0, 0.1) is 11.8 Å². The molecule has 0 bridgehead atoms. The van der Waals surface area contributed by atoms with Gasteiger partial charge in [-0.25, -0.2) is 0 Å². The summed E-state index contributed by atoms with van der Waals surface area (Å²) in [6.07, 6.45) is 0.693. The maximum absolute atomic E-state index is 11.1. The van der Waals surface area contributed by atoms with E-state index < -0.39 is 5.60 Å². The molecule has 0 radical (unpaired) electrons. The third-order valence-electron chi connectivity index (χ3n) is 5.64. The standard InChI is InChI=1S/C28H32O4/c1-22(18-24(19-29)21-31-23(2)30)20-32-28(25-12-6-3-7-13-25,26-14-8-4-9-15-26)27-16-10-5-11-17-27/h3-17,22,24,29H,18-21H2,1-2H3/t22-,24+/m1/s1. The number of carbonyl (C=O) groups excluding carboxylic acids is 1. The number of rotatable bonds is 11. The zero-order chi connectivity index (χ0) is 22.8. The molecule has 3 aromatic carbocycles. The second-order valence-corrected chi connectivity index (χ2v) is 8.28. The molecule has 0 amide bonds. The maximum atomic E-state index is 11.1. The lowest BCUT2D eigenvalue weighted by atomic mass is 9.80. The fraction of sp³-hybridized carbons (Fsp3) is 0.321. The van der Waals surface area contributed by atoms with Gasteiger partial charge in [0.05, 0.1) is 13.2 Å². The van der Waals surface area contributed by atoms with Crippen LogP contribution in [-0.2, 0) is 19.9 Å². The van der Waals surface area contributed by atoms with Gasteiger partial charge >= 0.3 is 5.97 Å². The van der Waals surface area contributed by atoms with Crippen molar-refractivity contribution < 1.29 is 19.4 Å². The summed E-state index contributed by atoms with van der Waals surface area (Å²) >= 11 is 0. The van der Waals surface area contributed by atoms with E-state index in [9.17, 15) is 9.90 Å². The summed E-state index contributed by atoms with van der Waals surface area (Å²) < 4.78 is 11.9. The molecule has 2 atom stereocenters. The average Bonchev–Trinajstić information content (AvgIpc) is 2.84. The van der Waals surface area contributed by atoms with Crippen LogP contribution >= 0.6 is 0 Å². The molecule has 0 aliphatic carbocycles. The summed E-state index contributed by atoms with van der Waals surface area (Å²) in [6, 6.07) is 30.8. The Morgan fingerprint density at radius 1 is 0.812 bits per heavy atom. The molecule has 0 aliphatic heterocycles. The van der Waals surface area contributed by atoms with Crippen molar-refractivity contribution in [2.45, 2.75) is 25.9 Å². The third kappa shape index (κ3) is 5.84. The van der Waals surface area contributed by atoms with E-state index in [-0.39, 0.29) is 31.0 Å². The first-order valence-corrected chi connectivity index (χ1v) is 11.1. The fourth-order valence-corrected chi connectivity index (χ4v) is 4.10. The summed E-state index contributed by atoms with van der Waals surface area (Å²) in [7, 11) is 0. The first kappa shape index (κ1) is 23.7. The molecule has 0 saturated carbocycles. The minimum absolute atomic E-state index is 0.0289. The van der Waals surface area contributed by atoms with Crippen molar-refractivity contribution in [1.29, 1.82) is 0 Å². The Hall–Kier alpha value is -2.95. The summed E-state index contributed by atoms with van der Waals surface area (Å²) in [5.41, 5.74) is 2.41. The molecule has 4 heteroatoms. The Labute approximate surface area is 190 Å². The van der Waals surface area contributed by atoms with Crippen molar-refractivity contribution >= 4 is 5.97 Å². The molecule has 168 valence electrons. The van der Waals surface area contributed by atoms with Gasteiger partial charge in [0, 0.05) is 19.4 Å². The molecule has 0 unspecified atom stereocenters. The van der Waals surface area contributed by atoms with Crippen LogP contribution < -0.4 is 0 Å². The van der Waals surface area contributed by atoms with E-state index >= 15 is 0 Å². The summed E-state index contributed by atoms with van der Waals surface area (Å²) in [4.78, 5) is 11.1. The van der Waals surface area contributed by atoms with E-state index in [2.05, 4.69) is 43.3 Å². The van der Waals surface area contributed by atoms with Gasteiger partial charge in [-0.2, -0.15) is 0 Å². The van der Waals surface area contributed by atoms with Crippen molar-refractivity contribution in [3.8, 4) is 0 Å². The molecule has 0 heterocycles. The van der Waals surface area contributed by atoms with Crippen LogP contribution in [0.3, 0.4) is 0 Å². The quantitative estimate of drug-likeness (QED) is 0.335. The van der Waals surface area contributed by atoms with Gasteiger partial charge in [-0.3, -0.25) is 4.79 Å². The van der Waals surface area contributed by atoms with Crippen LogP contribution in [-0.4, -0.2) is 30.9 Å². The molecular weight excluding hydrogens is 400 g/mol. The van der Waals surface area contributed by atoms with Crippen molar-refractivity contribution in [1.82, 2.24) is 0 Å². The Morgan fingerprint density at radius 3 is 1.62 bits per heavy atom. The number of aliphatic hydroxyl groups excluding tert-OH is 1. The predicted octanol–water partition coefficient (Wildman–Crippen LogP) is 5.19. The molecule has 0 aromatic heterocycles. The van der Waals surface area contributed by atoms with Gasteiger partial charge in [-0.1, -0.05) is 97.9 Å². The summed E-state index contributed by atoms with van der Waals surface area (Å²) in [5.74, 6) is -0.293. The number of hydrogen-bond donors (Lipinski definition) is 1. The van der Waals surface area contributed by atoms with Gasteiger partial charge in [0.1, 0.15) is 5.60 Å². The van der Waals surface area contributed by atoms with Gasteiger partial charge in [0.2, 0.25) is 0 Å². The van der Waals surface area contributed by atoms with Gasteiger partial charge in [-0.15, -0.1) is 0 Å². The van der Waals surface area contributed by atoms with Crippen molar-refractivity contribution in [3.05, 3.63) is 108 Å². The van der Waals surface area contributed by atoms with Crippen LogP contribution in [0.15, 0.2) is 91.0 Å². The highest BCUT2D eigenvalue weighted by Gasteiger charge is 2.37. The Balaban J connectivity index is 1.92. The number of esters is 1. The SMILES string of the molecule is CC(=O)OC[C@H](CO)C[C@@H](C)COC(c1ccccc1)(c1ccccc1)c1ccccc1. The predicted molar refractivity (Wildman–Crippen MR) is 126 cm³/mol. The molecule has 0 saturated heterocycles. The maximum Gasteiger partial charge on any atom is 0.302 e. The van der Waals surface area contributed by atoms with Crippen LogP contribution in [0.1, 0.15) is 37.0 Å². The van der Waals surface area contributed by atoms with Gasteiger partial charge < -0.3 is 14.6 Å². The lowest BCUT2D eigenvalue weighted by Gasteiger charge is -2.37. The number of benzene rings is 3. The molecular formula is C28H32O4. The molecule has 3 aromatic rings. The van der Waals surface area contributed by atoms with Crippen molar-refractivity contribution in [3.63, 3.8) is 0 Å². The third-order valence-corrected chi connectivity index (χ3v) is 5.64. The summed E-state index contributed by atoms with van der Waals surface area (Å²) in [5, 5.41) is 9.72. The highest BCUT2D eigenvalue weighted by Crippen LogP contribution is 2.40. The fourth-order valence-electron chi connectivity index (χ4n) is 4.10. The first-order valence-electron chi connectivity index (χ1n) is 11.1. The number of carbonyl (C=O) groups is 1. The van der Waals surface area contributed by atoms with E-state index in [0.29, 0.717) is 13.0 Å². The van der Waals surface area contributed by atoms with E-state index in [1.807, 2.05) is 54.6 Å². The van der Waals surface area contributed by atoms with Crippen LogP contribution in [0.5, 0.6) is 0 Å². The van der Waals surface area contributed by atoms with Crippen molar-refractivity contribution in [2.24, 2.45) is 11.8 Å². The van der Waals surface area contributed by atoms with Gasteiger partial charge in [-0.05, 0) is 29.0 Å². The summed E-state index contributed by atoms with van der Waals surface area (Å²) in [6.45, 7) is 4.16. The topological polar surface area (TPSA) is 55.8 Å². The molecule has 4 nitrogen and oxygen atoms in total. The van der Waals surface area contributed by atoms with Gasteiger partial charge in [0.25, 0.3) is 0 Å². The van der Waals surface area contributed by atoms with Crippen LogP contribution in [0.2, 0.25) is 0 Å². The van der Waals surface area contributed by atoms with Crippen molar-refractivity contribution in [2.75, 3.05) is 19.8 Å². The number of aliphatic hydroxyl groups is 1. The van der Waals surface area contributed by atoms with Crippen LogP contribution in [0.25, 0.3) is 0 Å². The minimum atomic E-state index is -0.761. The molecule has 0 aliphatic rings. The smallest absolute Gasteiger partial charge is 0.302 e. The average molecular weight is 433 g/mol. The lowest BCUT2D eigenvalue weighted by Crippen LogP contribution is -2.35. The zero-order valence-corrected chi connectivity index (χ0v) is 18.8. The lowest BCUT2D eigenvalue weighted by molar-refractivity contribution is -0.143. The largest absolute Gasteiger partial charge is 0.465 e. The number of ether oxygens (including phenoxy) is 2. The molecule has 0 fully saturated rings. The van der Waals surface area contributed by atoms with E-state index in [0.717, 1.165) is 16.7 Å². The first-order chi connectivity index (χ1) is 15.6. The molecule has 1 N–H and O–H groups in total. The zero-order valence-electron chi connectivity index (χ0n) is 18.8. The highest BCUT2D eigenvalue weighted by molar-refractivity contribution is 5.65. The van der Waals surface area contributed by atoms with E-state index in [4.69, 9.17) is 9.47 Å².